The molecule has 0 bridgehead atoms. The smallest absolute Gasteiger partial charge is 0.241 e. The average Bonchev–Trinajstić information content (AvgIpc) is 2.55. The molecule has 0 aromatic heterocycles. The number of rotatable bonds is 9. The van der Waals surface area contributed by atoms with Crippen LogP contribution in [0, 0.1) is 6.92 Å². The number of benzene rings is 1. The van der Waals surface area contributed by atoms with Crippen molar-refractivity contribution in [3.63, 3.8) is 0 Å². The number of nitrogens with one attached hydrogen (secondary N) is 3. The van der Waals surface area contributed by atoms with E-state index in [1.54, 1.807) is 0 Å². The molecule has 0 saturated carbocycles. The van der Waals surface area contributed by atoms with Crippen molar-refractivity contribution in [1.82, 2.24) is 16.0 Å². The van der Waals surface area contributed by atoms with Gasteiger partial charge in [-0.1, -0.05) is 19.1 Å². The second-order valence-electron chi connectivity index (χ2n) is 5.67. The number of aryl methyl sites for hydroxylation is 1. The number of nitrogens with zero attached hydrogens (tertiary/aromatic N) is 1. The fourth-order valence-electron chi connectivity index (χ4n) is 2.02. The van der Waals surface area contributed by atoms with E-state index in [2.05, 4.69) is 20.9 Å². The Kier molecular flexibility index (Phi) is 9.34. The summed E-state index contributed by atoms with van der Waals surface area (Å²) in [7, 11) is 0. The summed E-state index contributed by atoms with van der Waals surface area (Å²) in [6.45, 7) is 10.2. The lowest BCUT2D eigenvalue weighted by Crippen LogP contribution is -2.42. The minimum Gasteiger partial charge on any atom is -0.489 e. The molecule has 1 aromatic rings. The number of aliphatic imine (C=N–C) groups is 1. The molecule has 0 fully saturated rings. The van der Waals surface area contributed by atoms with E-state index in [0.29, 0.717) is 19.0 Å². The Bertz CT molecular complexity index is 532. The third-order valence-electron chi connectivity index (χ3n) is 3.18. The number of carbonyl (C=O) groups excluding carboxylic acids is 1. The van der Waals surface area contributed by atoms with Gasteiger partial charge in [-0.2, -0.15) is 0 Å². The van der Waals surface area contributed by atoms with Crippen LogP contribution in [0.15, 0.2) is 29.3 Å². The molecule has 1 atom stereocenters. The summed E-state index contributed by atoms with van der Waals surface area (Å²) in [5.41, 5.74) is 1.17. The summed E-state index contributed by atoms with van der Waals surface area (Å²) in [4.78, 5) is 15.9. The van der Waals surface area contributed by atoms with Crippen molar-refractivity contribution >= 4 is 11.9 Å². The molecule has 134 valence electrons. The lowest BCUT2D eigenvalue weighted by atomic mass is 10.2. The van der Waals surface area contributed by atoms with E-state index in [4.69, 9.17) is 4.74 Å². The molecule has 0 radical (unpaired) electrons. The molecule has 0 aliphatic heterocycles. The van der Waals surface area contributed by atoms with Crippen molar-refractivity contribution in [2.75, 3.05) is 26.2 Å². The van der Waals surface area contributed by atoms with Crippen LogP contribution in [0.25, 0.3) is 0 Å². The van der Waals surface area contributed by atoms with Crippen LogP contribution in [0.2, 0.25) is 0 Å². The van der Waals surface area contributed by atoms with Crippen LogP contribution in [0.3, 0.4) is 0 Å². The number of amides is 1. The molecule has 0 saturated heterocycles. The highest BCUT2D eigenvalue weighted by atomic mass is 16.5. The van der Waals surface area contributed by atoms with Crippen molar-refractivity contribution in [1.29, 1.82) is 0 Å². The Labute approximate surface area is 145 Å². The quantitative estimate of drug-likeness (QED) is 0.476. The third kappa shape index (κ3) is 8.41. The van der Waals surface area contributed by atoms with Gasteiger partial charge in [0.1, 0.15) is 18.4 Å². The van der Waals surface area contributed by atoms with Crippen molar-refractivity contribution < 1.29 is 9.53 Å². The Morgan fingerprint density at radius 3 is 2.71 bits per heavy atom. The summed E-state index contributed by atoms with van der Waals surface area (Å²) >= 11 is 0. The minimum absolute atomic E-state index is 0.0235. The number of ether oxygens (including phenoxy) is 1. The molecule has 1 aromatic carbocycles. The van der Waals surface area contributed by atoms with E-state index >= 15 is 0 Å². The molecule has 1 rings (SSSR count). The van der Waals surface area contributed by atoms with E-state index in [1.807, 2.05) is 52.0 Å². The zero-order valence-corrected chi connectivity index (χ0v) is 15.2. The Morgan fingerprint density at radius 2 is 2.04 bits per heavy atom. The lowest BCUT2D eigenvalue weighted by molar-refractivity contribution is -0.119. The van der Waals surface area contributed by atoms with E-state index in [9.17, 15) is 4.79 Å². The van der Waals surface area contributed by atoms with Gasteiger partial charge in [0.25, 0.3) is 0 Å². The van der Waals surface area contributed by atoms with Crippen molar-refractivity contribution in [3.8, 4) is 5.75 Å². The zero-order chi connectivity index (χ0) is 17.8. The molecule has 6 nitrogen and oxygen atoms in total. The molecule has 0 aliphatic rings. The van der Waals surface area contributed by atoms with E-state index in [-0.39, 0.29) is 18.6 Å². The first-order valence-electron chi connectivity index (χ1n) is 8.57. The summed E-state index contributed by atoms with van der Waals surface area (Å²) in [6, 6.07) is 7.97. The summed E-state index contributed by atoms with van der Waals surface area (Å²) < 4.78 is 5.88. The van der Waals surface area contributed by atoms with Gasteiger partial charge in [-0.15, -0.1) is 0 Å². The van der Waals surface area contributed by atoms with Gasteiger partial charge in [0, 0.05) is 13.1 Å². The van der Waals surface area contributed by atoms with E-state index in [0.717, 1.165) is 18.7 Å². The minimum atomic E-state index is -0.0712. The number of hydrogen-bond donors (Lipinski definition) is 3. The van der Waals surface area contributed by atoms with Crippen LogP contribution >= 0.6 is 0 Å². The molecule has 0 spiro atoms. The monoisotopic (exact) mass is 334 g/mol. The Hall–Kier alpha value is -2.24. The standard InChI is InChI=1S/C18H30N4O2/c1-5-10-20-17(23)13-22-18(19-6-2)21-12-15(4)24-16-9-7-8-14(3)11-16/h7-9,11,15H,5-6,10,12-13H2,1-4H3,(H,20,23)(H2,19,21,22). The van der Waals surface area contributed by atoms with Gasteiger partial charge < -0.3 is 20.7 Å². The highest BCUT2D eigenvalue weighted by Gasteiger charge is 2.06. The zero-order valence-electron chi connectivity index (χ0n) is 15.2. The largest absolute Gasteiger partial charge is 0.489 e. The van der Waals surface area contributed by atoms with Gasteiger partial charge >= 0.3 is 0 Å². The predicted octanol–water partition coefficient (Wildman–Crippen LogP) is 1.84. The average molecular weight is 334 g/mol. The SMILES string of the molecule is CCCNC(=O)CN=C(NCC)NCC(C)Oc1cccc(C)c1. The van der Waals surface area contributed by atoms with Gasteiger partial charge in [-0.25, -0.2) is 4.99 Å². The summed E-state index contributed by atoms with van der Waals surface area (Å²) in [6.07, 6.45) is 0.895. The first-order valence-corrected chi connectivity index (χ1v) is 8.57. The maximum absolute atomic E-state index is 11.6. The number of hydrogen-bond acceptors (Lipinski definition) is 3. The van der Waals surface area contributed by atoms with E-state index in [1.165, 1.54) is 5.56 Å². The number of guanidine groups is 1. The van der Waals surface area contributed by atoms with Gasteiger partial charge in [0.05, 0.1) is 6.54 Å². The van der Waals surface area contributed by atoms with Gasteiger partial charge in [0.15, 0.2) is 5.96 Å². The Balaban J connectivity index is 2.45. The van der Waals surface area contributed by atoms with Crippen LogP contribution in [-0.2, 0) is 4.79 Å². The second kappa shape index (κ2) is 11.3. The van der Waals surface area contributed by atoms with Gasteiger partial charge in [0.2, 0.25) is 5.91 Å². The molecule has 1 amide bonds. The fraction of sp³-hybridized carbons (Fsp3) is 0.556. The van der Waals surface area contributed by atoms with Crippen molar-refractivity contribution in [3.05, 3.63) is 29.8 Å². The maximum atomic E-state index is 11.6. The first-order chi connectivity index (χ1) is 11.5. The number of carbonyl (C=O) groups is 1. The lowest BCUT2D eigenvalue weighted by Gasteiger charge is -2.18. The topological polar surface area (TPSA) is 74.8 Å². The molecule has 24 heavy (non-hydrogen) atoms. The Morgan fingerprint density at radius 1 is 1.25 bits per heavy atom. The predicted molar refractivity (Wildman–Crippen MR) is 98.6 cm³/mol. The first kappa shape index (κ1) is 19.8. The molecule has 1 unspecified atom stereocenters. The van der Waals surface area contributed by atoms with Crippen LogP contribution in [0.4, 0.5) is 0 Å². The summed E-state index contributed by atoms with van der Waals surface area (Å²) in [5.74, 6) is 1.40. The van der Waals surface area contributed by atoms with Crippen LogP contribution in [-0.4, -0.2) is 44.1 Å². The molecule has 6 heteroatoms. The summed E-state index contributed by atoms with van der Waals surface area (Å²) in [5, 5.41) is 9.13. The molecule has 0 heterocycles. The molecule has 3 N–H and O–H groups in total. The maximum Gasteiger partial charge on any atom is 0.241 e. The van der Waals surface area contributed by atoms with E-state index < -0.39 is 0 Å². The molecular weight excluding hydrogens is 304 g/mol. The van der Waals surface area contributed by atoms with Crippen LogP contribution in [0.1, 0.15) is 32.8 Å². The van der Waals surface area contributed by atoms with Gasteiger partial charge in [-0.3, -0.25) is 4.79 Å². The van der Waals surface area contributed by atoms with Crippen molar-refractivity contribution in [2.24, 2.45) is 4.99 Å². The second-order valence-corrected chi connectivity index (χ2v) is 5.67. The highest BCUT2D eigenvalue weighted by Crippen LogP contribution is 2.13. The van der Waals surface area contributed by atoms with Crippen LogP contribution < -0.4 is 20.7 Å². The normalized spacial score (nSPS) is 12.4. The van der Waals surface area contributed by atoms with Gasteiger partial charge in [-0.05, 0) is 44.9 Å². The van der Waals surface area contributed by atoms with Crippen molar-refractivity contribution in [2.45, 2.75) is 40.2 Å². The molecular formula is C18H30N4O2. The fourth-order valence-corrected chi connectivity index (χ4v) is 2.02. The third-order valence-corrected chi connectivity index (χ3v) is 3.18. The highest BCUT2D eigenvalue weighted by molar-refractivity contribution is 5.84. The van der Waals surface area contributed by atoms with Crippen LogP contribution in [0.5, 0.6) is 5.75 Å². The molecule has 0 aliphatic carbocycles.